The van der Waals surface area contributed by atoms with E-state index < -0.39 is 0 Å². The van der Waals surface area contributed by atoms with E-state index >= 15 is 0 Å². The highest BCUT2D eigenvalue weighted by atomic mass is 16.5. The third kappa shape index (κ3) is 4.43. The van der Waals surface area contributed by atoms with E-state index in [0.717, 1.165) is 25.4 Å². The topological polar surface area (TPSA) is 41.7 Å². The third-order valence-electron chi connectivity index (χ3n) is 4.47. The van der Waals surface area contributed by atoms with Gasteiger partial charge < -0.3 is 15.4 Å². The van der Waals surface area contributed by atoms with Gasteiger partial charge in [-0.1, -0.05) is 19.1 Å². The zero-order chi connectivity index (χ0) is 15.2. The molecule has 1 aliphatic heterocycles. The maximum Gasteiger partial charge on any atom is 0.118 e. The number of rotatable bonds is 5. The summed E-state index contributed by atoms with van der Waals surface area (Å²) in [6.45, 7) is 6.68. The maximum absolute atomic E-state index is 6.42. The molecule has 1 aromatic rings. The molecular weight excluding hydrogens is 262 g/mol. The first-order valence-corrected chi connectivity index (χ1v) is 7.96. The van der Waals surface area contributed by atoms with Gasteiger partial charge in [0.05, 0.1) is 7.11 Å². The predicted molar refractivity (Wildman–Crippen MR) is 87.7 cm³/mol. The van der Waals surface area contributed by atoms with Crippen molar-refractivity contribution >= 4 is 0 Å². The Kier molecular flexibility index (Phi) is 6.03. The molecule has 0 amide bonds. The molecule has 1 fully saturated rings. The van der Waals surface area contributed by atoms with E-state index in [2.05, 4.69) is 35.9 Å². The molecule has 118 valence electrons. The van der Waals surface area contributed by atoms with Crippen LogP contribution < -0.4 is 10.5 Å². The minimum Gasteiger partial charge on any atom is -0.497 e. The molecule has 0 spiro atoms. The Hall–Kier alpha value is -1.10. The number of nitrogens with zero attached hydrogens (tertiary/aromatic N) is 2. The van der Waals surface area contributed by atoms with Gasteiger partial charge in [0, 0.05) is 25.2 Å². The molecule has 4 nitrogen and oxygen atoms in total. The summed E-state index contributed by atoms with van der Waals surface area (Å²) in [5.41, 5.74) is 7.61. The van der Waals surface area contributed by atoms with Gasteiger partial charge in [0.1, 0.15) is 5.75 Å². The van der Waals surface area contributed by atoms with Gasteiger partial charge in [-0.05, 0) is 50.7 Å². The Morgan fingerprint density at radius 3 is 2.62 bits per heavy atom. The van der Waals surface area contributed by atoms with E-state index in [1.165, 1.54) is 24.9 Å². The molecule has 0 aromatic heterocycles. The largest absolute Gasteiger partial charge is 0.497 e. The van der Waals surface area contributed by atoms with Crippen molar-refractivity contribution in [2.24, 2.45) is 5.73 Å². The Labute approximate surface area is 128 Å². The van der Waals surface area contributed by atoms with Crippen LogP contribution in [0.1, 0.15) is 31.4 Å². The number of nitrogens with two attached hydrogens (primary N) is 1. The molecule has 2 unspecified atom stereocenters. The lowest BCUT2D eigenvalue weighted by Crippen LogP contribution is -2.43. The van der Waals surface area contributed by atoms with Crippen LogP contribution in [-0.2, 0) is 0 Å². The summed E-state index contributed by atoms with van der Waals surface area (Å²) in [5, 5.41) is 0. The summed E-state index contributed by atoms with van der Waals surface area (Å²) in [6.07, 6.45) is 2.40. The zero-order valence-corrected chi connectivity index (χ0v) is 13.6. The van der Waals surface area contributed by atoms with Gasteiger partial charge in [-0.25, -0.2) is 0 Å². The molecular formula is C17H29N3O. The minimum absolute atomic E-state index is 0.0633. The van der Waals surface area contributed by atoms with Crippen molar-refractivity contribution in [3.63, 3.8) is 0 Å². The SMILES string of the molecule is CCC1CN(C)CCCN1CC(N)c1ccc(OC)cc1. The van der Waals surface area contributed by atoms with Crippen molar-refractivity contribution in [2.45, 2.75) is 31.8 Å². The fraction of sp³-hybridized carbons (Fsp3) is 0.647. The normalized spacial score (nSPS) is 22.8. The first kappa shape index (κ1) is 16.3. The van der Waals surface area contributed by atoms with Crippen molar-refractivity contribution in [2.75, 3.05) is 40.3 Å². The number of ether oxygens (including phenoxy) is 1. The van der Waals surface area contributed by atoms with Crippen LogP contribution in [0.4, 0.5) is 0 Å². The van der Waals surface area contributed by atoms with Gasteiger partial charge in [0.25, 0.3) is 0 Å². The van der Waals surface area contributed by atoms with E-state index in [9.17, 15) is 0 Å². The van der Waals surface area contributed by atoms with Crippen LogP contribution in [-0.4, -0.2) is 56.2 Å². The highest BCUT2D eigenvalue weighted by Crippen LogP contribution is 2.20. The average Bonchev–Trinajstić information content (AvgIpc) is 2.68. The van der Waals surface area contributed by atoms with Crippen molar-refractivity contribution in [1.29, 1.82) is 0 Å². The van der Waals surface area contributed by atoms with Gasteiger partial charge in [-0.2, -0.15) is 0 Å². The second-order valence-electron chi connectivity index (χ2n) is 6.05. The van der Waals surface area contributed by atoms with Crippen LogP contribution >= 0.6 is 0 Å². The Morgan fingerprint density at radius 2 is 2.00 bits per heavy atom. The molecule has 2 rings (SSSR count). The lowest BCUT2D eigenvalue weighted by atomic mass is 10.1. The summed E-state index contributed by atoms with van der Waals surface area (Å²) in [6, 6.07) is 8.81. The maximum atomic E-state index is 6.42. The Morgan fingerprint density at radius 1 is 1.29 bits per heavy atom. The molecule has 0 radical (unpaired) electrons. The van der Waals surface area contributed by atoms with Gasteiger partial charge in [0.15, 0.2) is 0 Å². The van der Waals surface area contributed by atoms with Crippen molar-refractivity contribution in [3.05, 3.63) is 29.8 Å². The second kappa shape index (κ2) is 7.78. The number of hydrogen-bond acceptors (Lipinski definition) is 4. The van der Waals surface area contributed by atoms with Crippen LogP contribution in [0.15, 0.2) is 24.3 Å². The van der Waals surface area contributed by atoms with Crippen molar-refractivity contribution < 1.29 is 4.74 Å². The van der Waals surface area contributed by atoms with Gasteiger partial charge >= 0.3 is 0 Å². The molecule has 21 heavy (non-hydrogen) atoms. The first-order chi connectivity index (χ1) is 10.1. The average molecular weight is 291 g/mol. The molecule has 4 heteroatoms. The fourth-order valence-electron chi connectivity index (χ4n) is 3.13. The molecule has 1 aliphatic rings. The standard InChI is InChI=1S/C17H29N3O/c1-4-15-12-19(2)10-5-11-20(15)13-17(18)14-6-8-16(21-3)9-7-14/h6-9,15,17H,4-5,10-13,18H2,1-3H3. The van der Waals surface area contributed by atoms with E-state index in [1.807, 2.05) is 12.1 Å². The summed E-state index contributed by atoms with van der Waals surface area (Å²) in [4.78, 5) is 5.01. The third-order valence-corrected chi connectivity index (χ3v) is 4.47. The van der Waals surface area contributed by atoms with Crippen LogP contribution in [0.25, 0.3) is 0 Å². The van der Waals surface area contributed by atoms with Crippen LogP contribution in [0.3, 0.4) is 0 Å². The molecule has 1 heterocycles. The van der Waals surface area contributed by atoms with Crippen molar-refractivity contribution in [1.82, 2.24) is 9.80 Å². The Bertz CT molecular complexity index is 421. The van der Waals surface area contributed by atoms with E-state index in [-0.39, 0.29) is 6.04 Å². The minimum atomic E-state index is 0.0633. The summed E-state index contributed by atoms with van der Waals surface area (Å²) < 4.78 is 5.20. The molecule has 0 bridgehead atoms. The summed E-state index contributed by atoms with van der Waals surface area (Å²) in [5.74, 6) is 0.883. The molecule has 2 N–H and O–H groups in total. The highest BCUT2D eigenvalue weighted by Gasteiger charge is 2.23. The number of likely N-dealkylation sites (N-methyl/N-ethyl adjacent to an activating group) is 1. The van der Waals surface area contributed by atoms with Crippen molar-refractivity contribution in [3.8, 4) is 5.75 Å². The molecule has 1 saturated heterocycles. The summed E-state index contributed by atoms with van der Waals surface area (Å²) >= 11 is 0. The predicted octanol–water partition coefficient (Wildman–Crippen LogP) is 2.11. The number of methoxy groups -OCH3 is 1. The fourth-order valence-corrected chi connectivity index (χ4v) is 3.13. The first-order valence-electron chi connectivity index (χ1n) is 7.96. The van der Waals surface area contributed by atoms with E-state index in [4.69, 9.17) is 10.5 Å². The molecule has 2 atom stereocenters. The molecule has 0 aliphatic carbocycles. The zero-order valence-electron chi connectivity index (χ0n) is 13.6. The lowest BCUT2D eigenvalue weighted by Gasteiger charge is -2.32. The number of benzene rings is 1. The molecule has 0 saturated carbocycles. The Balaban J connectivity index is 2.00. The number of hydrogen-bond donors (Lipinski definition) is 1. The lowest BCUT2D eigenvalue weighted by molar-refractivity contribution is 0.174. The van der Waals surface area contributed by atoms with Gasteiger partial charge in [-0.15, -0.1) is 0 Å². The van der Waals surface area contributed by atoms with E-state index in [1.54, 1.807) is 7.11 Å². The van der Waals surface area contributed by atoms with Crippen LogP contribution in [0.5, 0.6) is 5.75 Å². The van der Waals surface area contributed by atoms with Gasteiger partial charge in [-0.3, -0.25) is 4.90 Å². The quantitative estimate of drug-likeness (QED) is 0.902. The van der Waals surface area contributed by atoms with E-state index in [0.29, 0.717) is 6.04 Å². The molecule has 1 aromatic carbocycles. The monoisotopic (exact) mass is 291 g/mol. The van der Waals surface area contributed by atoms with Crippen LogP contribution in [0.2, 0.25) is 0 Å². The second-order valence-corrected chi connectivity index (χ2v) is 6.05. The highest BCUT2D eigenvalue weighted by molar-refractivity contribution is 5.29. The van der Waals surface area contributed by atoms with Gasteiger partial charge in [0.2, 0.25) is 0 Å². The summed E-state index contributed by atoms with van der Waals surface area (Å²) in [7, 11) is 3.91. The smallest absolute Gasteiger partial charge is 0.118 e. The van der Waals surface area contributed by atoms with Crippen LogP contribution in [0, 0.1) is 0 Å².